The third-order valence-corrected chi connectivity index (χ3v) is 3.09. The van der Waals surface area contributed by atoms with E-state index in [-0.39, 0.29) is 17.1 Å². The largest absolute Gasteiger partial charge is 0.308 e. The van der Waals surface area contributed by atoms with Crippen LogP contribution in [0.25, 0.3) is 5.57 Å². The van der Waals surface area contributed by atoms with Crippen molar-refractivity contribution in [2.24, 2.45) is 0 Å². The van der Waals surface area contributed by atoms with Crippen molar-refractivity contribution in [3.63, 3.8) is 0 Å². The van der Waals surface area contributed by atoms with Crippen LogP contribution in [0.5, 0.6) is 0 Å². The van der Waals surface area contributed by atoms with E-state index in [1.54, 1.807) is 4.90 Å². The van der Waals surface area contributed by atoms with Crippen molar-refractivity contribution in [3.8, 4) is 12.1 Å². The fraction of sp³-hybridized carbons (Fsp3) is 0.267. The molecule has 1 amide bonds. The van der Waals surface area contributed by atoms with Gasteiger partial charge in [0.05, 0.1) is 11.3 Å². The highest BCUT2D eigenvalue weighted by Gasteiger charge is 2.34. The molecule has 0 aliphatic carbocycles. The number of anilines is 1. The number of fused-ring (bicyclic) bond motifs is 1. The summed E-state index contributed by atoms with van der Waals surface area (Å²) in [6, 6.07) is 9.29. The maximum atomic E-state index is 12.4. The fourth-order valence-corrected chi connectivity index (χ4v) is 2.27. The number of hydrogen-bond donors (Lipinski definition) is 0. The minimum atomic E-state index is -0.249. The highest BCUT2D eigenvalue weighted by Crippen LogP contribution is 2.38. The molecule has 0 saturated heterocycles. The number of aryl methyl sites for hydroxylation is 1. The first-order valence-corrected chi connectivity index (χ1v) is 6.11. The maximum Gasteiger partial charge on any atom is 0.261 e. The first-order valence-electron chi connectivity index (χ1n) is 6.11. The molecule has 4 heteroatoms. The lowest BCUT2D eigenvalue weighted by Crippen LogP contribution is -2.27. The molecule has 1 aromatic carbocycles. The number of amides is 1. The number of carbonyl (C=O) groups is 1. The van der Waals surface area contributed by atoms with Crippen molar-refractivity contribution in [2.45, 2.75) is 20.3 Å². The van der Waals surface area contributed by atoms with Crippen LogP contribution in [-0.4, -0.2) is 12.5 Å². The lowest BCUT2D eigenvalue weighted by Gasteiger charge is -2.15. The second-order valence-electron chi connectivity index (χ2n) is 4.45. The van der Waals surface area contributed by atoms with Crippen molar-refractivity contribution in [1.29, 1.82) is 10.5 Å². The third kappa shape index (κ3) is 1.98. The number of nitriles is 2. The molecular weight excluding hydrogens is 238 g/mol. The summed E-state index contributed by atoms with van der Waals surface area (Å²) in [4.78, 5) is 14.0. The summed E-state index contributed by atoms with van der Waals surface area (Å²) < 4.78 is 0. The molecule has 0 spiro atoms. The number of carbonyl (C=O) groups excluding carboxylic acids is 1. The Hall–Kier alpha value is -2.59. The smallest absolute Gasteiger partial charge is 0.261 e. The number of hydrogen-bond acceptors (Lipinski definition) is 3. The highest BCUT2D eigenvalue weighted by atomic mass is 16.2. The number of nitrogens with zero attached hydrogens (tertiary/aromatic N) is 3. The summed E-state index contributed by atoms with van der Waals surface area (Å²) in [7, 11) is 0. The second-order valence-corrected chi connectivity index (χ2v) is 4.45. The number of rotatable bonds is 2. The van der Waals surface area contributed by atoms with Crippen LogP contribution in [0.15, 0.2) is 23.8 Å². The summed E-state index contributed by atoms with van der Waals surface area (Å²) in [6.45, 7) is 4.49. The van der Waals surface area contributed by atoms with E-state index in [0.717, 1.165) is 17.7 Å². The Labute approximate surface area is 112 Å². The normalized spacial score (nSPS) is 12.9. The number of benzene rings is 1. The Morgan fingerprint density at radius 3 is 2.58 bits per heavy atom. The van der Waals surface area contributed by atoms with Crippen LogP contribution >= 0.6 is 0 Å². The zero-order valence-corrected chi connectivity index (χ0v) is 10.9. The zero-order chi connectivity index (χ0) is 14.0. The molecule has 2 rings (SSSR count). The monoisotopic (exact) mass is 251 g/mol. The van der Waals surface area contributed by atoms with Gasteiger partial charge in [0.1, 0.15) is 17.7 Å². The molecule has 1 aliphatic rings. The quantitative estimate of drug-likeness (QED) is 0.599. The Bertz CT molecular complexity index is 643. The van der Waals surface area contributed by atoms with E-state index in [4.69, 9.17) is 10.5 Å². The van der Waals surface area contributed by atoms with Crippen molar-refractivity contribution < 1.29 is 4.79 Å². The molecule has 4 nitrogen and oxygen atoms in total. The predicted octanol–water partition coefficient (Wildman–Crippen LogP) is 2.55. The Morgan fingerprint density at radius 1 is 1.32 bits per heavy atom. The van der Waals surface area contributed by atoms with Crippen LogP contribution in [-0.2, 0) is 4.79 Å². The molecule has 0 N–H and O–H groups in total. The van der Waals surface area contributed by atoms with Crippen LogP contribution in [0.1, 0.15) is 24.5 Å². The zero-order valence-electron chi connectivity index (χ0n) is 10.9. The Balaban J connectivity index is 2.72. The summed E-state index contributed by atoms with van der Waals surface area (Å²) in [6.07, 6.45) is 0.820. The first-order chi connectivity index (χ1) is 9.13. The standard InChI is InChI=1S/C15H13N3O/c1-3-6-18-13-5-4-10(2)7-12(13)14(15(18)19)11(8-16)9-17/h4-5,7H,3,6H2,1-2H3. The van der Waals surface area contributed by atoms with Gasteiger partial charge in [-0.15, -0.1) is 0 Å². The van der Waals surface area contributed by atoms with Gasteiger partial charge in [-0.2, -0.15) is 10.5 Å². The number of allylic oxidation sites excluding steroid dienone is 1. The van der Waals surface area contributed by atoms with Crippen LogP contribution in [0.4, 0.5) is 5.69 Å². The van der Waals surface area contributed by atoms with Gasteiger partial charge in [0.25, 0.3) is 5.91 Å². The second kappa shape index (κ2) is 4.96. The third-order valence-electron chi connectivity index (χ3n) is 3.09. The van der Waals surface area contributed by atoms with Crippen LogP contribution < -0.4 is 4.90 Å². The van der Waals surface area contributed by atoms with Gasteiger partial charge in [-0.25, -0.2) is 0 Å². The van der Waals surface area contributed by atoms with Crippen molar-refractivity contribution in [1.82, 2.24) is 0 Å². The topological polar surface area (TPSA) is 67.9 Å². The van der Waals surface area contributed by atoms with E-state index in [9.17, 15) is 4.79 Å². The van der Waals surface area contributed by atoms with Crippen LogP contribution in [0.2, 0.25) is 0 Å². The van der Waals surface area contributed by atoms with Crippen molar-refractivity contribution in [3.05, 3.63) is 34.9 Å². The van der Waals surface area contributed by atoms with Crippen molar-refractivity contribution in [2.75, 3.05) is 11.4 Å². The van der Waals surface area contributed by atoms with Gasteiger partial charge in [-0.1, -0.05) is 18.6 Å². The average Bonchev–Trinajstić information content (AvgIpc) is 2.66. The minimum Gasteiger partial charge on any atom is -0.308 e. The molecule has 0 atom stereocenters. The van der Waals surface area contributed by atoms with Gasteiger partial charge in [-0.05, 0) is 25.5 Å². The van der Waals surface area contributed by atoms with Gasteiger partial charge in [-0.3, -0.25) is 4.79 Å². The molecule has 94 valence electrons. The van der Waals surface area contributed by atoms with Crippen LogP contribution in [0.3, 0.4) is 0 Å². The molecule has 1 heterocycles. The van der Waals surface area contributed by atoms with E-state index < -0.39 is 0 Å². The van der Waals surface area contributed by atoms with Gasteiger partial charge < -0.3 is 4.90 Å². The molecule has 19 heavy (non-hydrogen) atoms. The molecule has 0 radical (unpaired) electrons. The summed E-state index contributed by atoms with van der Waals surface area (Å²) in [5.41, 5.74) is 2.59. The maximum absolute atomic E-state index is 12.4. The average molecular weight is 251 g/mol. The first kappa shape index (κ1) is 12.9. The molecule has 1 aromatic rings. The van der Waals surface area contributed by atoms with Crippen molar-refractivity contribution >= 4 is 17.2 Å². The molecule has 0 aromatic heterocycles. The minimum absolute atomic E-state index is 0.115. The van der Waals surface area contributed by atoms with Gasteiger partial charge in [0.15, 0.2) is 0 Å². The Morgan fingerprint density at radius 2 is 2.00 bits per heavy atom. The summed E-state index contributed by atoms with van der Waals surface area (Å²) in [5, 5.41) is 18.0. The molecule has 0 unspecified atom stereocenters. The lowest BCUT2D eigenvalue weighted by atomic mass is 10.0. The highest BCUT2D eigenvalue weighted by molar-refractivity contribution is 6.34. The predicted molar refractivity (Wildman–Crippen MR) is 72.0 cm³/mol. The van der Waals surface area contributed by atoms with E-state index in [0.29, 0.717) is 12.1 Å². The molecule has 0 fully saturated rings. The molecule has 0 saturated carbocycles. The fourth-order valence-electron chi connectivity index (χ4n) is 2.27. The van der Waals surface area contributed by atoms with E-state index in [1.807, 2.05) is 44.2 Å². The van der Waals surface area contributed by atoms with E-state index in [1.165, 1.54) is 0 Å². The van der Waals surface area contributed by atoms with Gasteiger partial charge >= 0.3 is 0 Å². The van der Waals surface area contributed by atoms with E-state index >= 15 is 0 Å². The molecular formula is C15H13N3O. The van der Waals surface area contributed by atoms with E-state index in [2.05, 4.69) is 0 Å². The lowest BCUT2D eigenvalue weighted by molar-refractivity contribution is -0.113. The summed E-state index contributed by atoms with van der Waals surface area (Å²) in [5.74, 6) is -0.249. The Kier molecular flexibility index (Phi) is 3.35. The summed E-state index contributed by atoms with van der Waals surface area (Å²) >= 11 is 0. The molecule has 1 aliphatic heterocycles. The SMILES string of the molecule is CCCN1C(=O)C(=C(C#N)C#N)c2cc(C)ccc21. The van der Waals surface area contributed by atoms with Gasteiger partial charge in [0, 0.05) is 12.1 Å². The van der Waals surface area contributed by atoms with Gasteiger partial charge in [0.2, 0.25) is 0 Å². The van der Waals surface area contributed by atoms with Crippen LogP contribution in [0, 0.1) is 29.6 Å². The molecule has 0 bridgehead atoms.